The third kappa shape index (κ3) is 1.81. The molecular weight excluding hydrogens is 216 g/mol. The molecule has 2 N–H and O–H groups in total. The van der Waals surface area contributed by atoms with E-state index in [1.54, 1.807) is 0 Å². The maximum absolute atomic E-state index is 13.5. The molecule has 0 radical (unpaired) electrons. The van der Waals surface area contributed by atoms with Crippen molar-refractivity contribution in [3.63, 3.8) is 0 Å². The van der Waals surface area contributed by atoms with Gasteiger partial charge < -0.3 is 15.2 Å². The molecule has 2 atom stereocenters. The van der Waals surface area contributed by atoms with Crippen LogP contribution >= 0.6 is 0 Å². The van der Waals surface area contributed by atoms with Gasteiger partial charge in [-0.1, -0.05) is 6.07 Å². The van der Waals surface area contributed by atoms with Crippen LogP contribution in [0, 0.1) is 11.6 Å². The SMILES string of the molecule is CC1(c2c(F)cccc2F)OCC(CN)O1. The van der Waals surface area contributed by atoms with Crippen molar-refractivity contribution >= 4 is 0 Å². The van der Waals surface area contributed by atoms with E-state index in [0.717, 1.165) is 0 Å². The molecule has 1 aliphatic rings. The number of halogens is 2. The summed E-state index contributed by atoms with van der Waals surface area (Å²) in [6, 6.07) is 3.64. The van der Waals surface area contributed by atoms with Gasteiger partial charge in [-0.2, -0.15) is 0 Å². The minimum absolute atomic E-state index is 0.203. The van der Waals surface area contributed by atoms with Crippen LogP contribution in [0.5, 0.6) is 0 Å². The Balaban J connectivity index is 2.37. The number of nitrogens with two attached hydrogens (primary N) is 1. The normalized spacial score (nSPS) is 29.6. The third-order valence-electron chi connectivity index (χ3n) is 2.62. The number of ether oxygens (including phenoxy) is 2. The van der Waals surface area contributed by atoms with Crippen molar-refractivity contribution in [2.24, 2.45) is 5.73 Å². The number of rotatable bonds is 2. The van der Waals surface area contributed by atoms with Gasteiger partial charge in [0.1, 0.15) is 11.6 Å². The van der Waals surface area contributed by atoms with Crippen LogP contribution in [0.1, 0.15) is 12.5 Å². The first-order valence-electron chi connectivity index (χ1n) is 5.03. The van der Waals surface area contributed by atoms with Crippen LogP contribution in [0.4, 0.5) is 8.78 Å². The van der Waals surface area contributed by atoms with Crippen LogP contribution < -0.4 is 5.73 Å². The molecule has 3 nitrogen and oxygen atoms in total. The standard InChI is InChI=1S/C11H13F2NO2/c1-11(15-6-7(5-14)16-11)10-8(12)3-2-4-9(10)13/h2-4,7H,5-6,14H2,1H3. The zero-order chi connectivity index (χ0) is 11.8. The van der Waals surface area contributed by atoms with Crippen LogP contribution in [-0.2, 0) is 15.3 Å². The summed E-state index contributed by atoms with van der Waals surface area (Å²) in [5.41, 5.74) is 5.21. The summed E-state index contributed by atoms with van der Waals surface area (Å²) in [6.45, 7) is 1.98. The Kier molecular flexibility index (Phi) is 2.92. The van der Waals surface area contributed by atoms with Crippen molar-refractivity contribution in [2.45, 2.75) is 18.8 Å². The van der Waals surface area contributed by atoms with E-state index in [2.05, 4.69) is 0 Å². The Bertz CT molecular complexity index is 379. The van der Waals surface area contributed by atoms with Crippen molar-refractivity contribution in [1.82, 2.24) is 0 Å². The van der Waals surface area contributed by atoms with Crippen molar-refractivity contribution in [2.75, 3.05) is 13.2 Å². The van der Waals surface area contributed by atoms with Gasteiger partial charge in [0.05, 0.1) is 18.3 Å². The second kappa shape index (κ2) is 4.08. The monoisotopic (exact) mass is 229 g/mol. The second-order valence-corrected chi connectivity index (χ2v) is 3.83. The lowest BCUT2D eigenvalue weighted by molar-refractivity contribution is -0.164. The van der Waals surface area contributed by atoms with Gasteiger partial charge in [-0.3, -0.25) is 0 Å². The first-order valence-corrected chi connectivity index (χ1v) is 5.03. The minimum atomic E-state index is -1.39. The molecule has 2 unspecified atom stereocenters. The predicted molar refractivity (Wildman–Crippen MR) is 53.6 cm³/mol. The number of benzene rings is 1. The summed E-state index contributed by atoms with van der Waals surface area (Å²) < 4.78 is 37.8. The topological polar surface area (TPSA) is 44.5 Å². The van der Waals surface area contributed by atoms with E-state index in [4.69, 9.17) is 15.2 Å². The van der Waals surface area contributed by atoms with E-state index in [-0.39, 0.29) is 24.8 Å². The molecule has 1 aromatic rings. The van der Waals surface area contributed by atoms with E-state index < -0.39 is 17.4 Å². The quantitative estimate of drug-likeness (QED) is 0.836. The second-order valence-electron chi connectivity index (χ2n) is 3.83. The van der Waals surface area contributed by atoms with E-state index in [1.807, 2.05) is 0 Å². The lowest BCUT2D eigenvalue weighted by Crippen LogP contribution is -2.29. The maximum atomic E-state index is 13.5. The molecule has 5 heteroatoms. The van der Waals surface area contributed by atoms with Crippen molar-refractivity contribution in [3.8, 4) is 0 Å². The smallest absolute Gasteiger partial charge is 0.198 e. The average Bonchev–Trinajstić information content (AvgIpc) is 2.61. The molecule has 0 aliphatic carbocycles. The van der Waals surface area contributed by atoms with Crippen LogP contribution in [0.15, 0.2) is 18.2 Å². The van der Waals surface area contributed by atoms with Gasteiger partial charge in [0, 0.05) is 6.54 Å². The Morgan fingerprint density at radius 1 is 1.44 bits per heavy atom. The first-order chi connectivity index (χ1) is 7.57. The Hall–Kier alpha value is -1.04. The highest BCUT2D eigenvalue weighted by molar-refractivity contribution is 5.24. The summed E-state index contributed by atoms with van der Waals surface area (Å²) in [6.07, 6.45) is -0.330. The lowest BCUT2D eigenvalue weighted by Gasteiger charge is -2.24. The molecule has 1 aromatic carbocycles. The van der Waals surface area contributed by atoms with Gasteiger partial charge >= 0.3 is 0 Å². The van der Waals surface area contributed by atoms with Gasteiger partial charge in [0.15, 0.2) is 5.79 Å². The highest BCUT2D eigenvalue weighted by Crippen LogP contribution is 2.36. The van der Waals surface area contributed by atoms with Gasteiger partial charge in [-0.15, -0.1) is 0 Å². The van der Waals surface area contributed by atoms with Crippen LogP contribution in [0.2, 0.25) is 0 Å². The van der Waals surface area contributed by atoms with E-state index in [0.29, 0.717) is 0 Å². The maximum Gasteiger partial charge on any atom is 0.198 e. The molecule has 88 valence electrons. The molecule has 0 spiro atoms. The fourth-order valence-electron chi connectivity index (χ4n) is 1.82. The largest absolute Gasteiger partial charge is 0.343 e. The number of hydrogen-bond donors (Lipinski definition) is 1. The molecule has 0 bridgehead atoms. The summed E-state index contributed by atoms with van der Waals surface area (Å²) in [4.78, 5) is 0. The average molecular weight is 229 g/mol. The summed E-state index contributed by atoms with van der Waals surface area (Å²) >= 11 is 0. The molecule has 1 aliphatic heterocycles. The predicted octanol–water partition coefficient (Wildman–Crippen LogP) is 1.51. The molecule has 1 fully saturated rings. The minimum Gasteiger partial charge on any atom is -0.343 e. The van der Waals surface area contributed by atoms with Crippen molar-refractivity contribution < 1.29 is 18.3 Å². The van der Waals surface area contributed by atoms with E-state index in [9.17, 15) is 8.78 Å². The van der Waals surface area contributed by atoms with E-state index >= 15 is 0 Å². The summed E-state index contributed by atoms with van der Waals surface area (Å²) in [7, 11) is 0. The van der Waals surface area contributed by atoms with Gasteiger partial charge in [-0.05, 0) is 19.1 Å². The van der Waals surface area contributed by atoms with E-state index in [1.165, 1.54) is 25.1 Å². The molecule has 16 heavy (non-hydrogen) atoms. The third-order valence-corrected chi connectivity index (χ3v) is 2.62. The zero-order valence-corrected chi connectivity index (χ0v) is 8.87. The van der Waals surface area contributed by atoms with Crippen LogP contribution in [-0.4, -0.2) is 19.3 Å². The molecule has 0 saturated carbocycles. The molecule has 0 aromatic heterocycles. The van der Waals surface area contributed by atoms with Crippen LogP contribution in [0.3, 0.4) is 0 Å². The highest BCUT2D eigenvalue weighted by atomic mass is 19.1. The Morgan fingerprint density at radius 2 is 2.06 bits per heavy atom. The fourth-order valence-corrected chi connectivity index (χ4v) is 1.82. The first kappa shape index (κ1) is 11.4. The molecule has 1 heterocycles. The molecule has 2 rings (SSSR count). The summed E-state index contributed by atoms with van der Waals surface area (Å²) in [5.74, 6) is -2.75. The lowest BCUT2D eigenvalue weighted by atomic mass is 10.1. The Morgan fingerprint density at radius 3 is 2.56 bits per heavy atom. The number of hydrogen-bond acceptors (Lipinski definition) is 3. The Labute approximate surface area is 92.1 Å². The van der Waals surface area contributed by atoms with Gasteiger partial charge in [0.25, 0.3) is 0 Å². The van der Waals surface area contributed by atoms with Crippen molar-refractivity contribution in [1.29, 1.82) is 0 Å². The highest BCUT2D eigenvalue weighted by Gasteiger charge is 2.42. The summed E-state index contributed by atoms with van der Waals surface area (Å²) in [5, 5.41) is 0. The molecule has 1 saturated heterocycles. The van der Waals surface area contributed by atoms with Crippen LogP contribution in [0.25, 0.3) is 0 Å². The molecule has 0 amide bonds. The fraction of sp³-hybridized carbons (Fsp3) is 0.455. The molecular formula is C11H13F2NO2. The van der Waals surface area contributed by atoms with Crippen molar-refractivity contribution in [3.05, 3.63) is 35.4 Å². The van der Waals surface area contributed by atoms with Gasteiger partial charge in [0.2, 0.25) is 0 Å². The van der Waals surface area contributed by atoms with Gasteiger partial charge in [-0.25, -0.2) is 8.78 Å². The zero-order valence-electron chi connectivity index (χ0n) is 8.87.